The summed E-state index contributed by atoms with van der Waals surface area (Å²) >= 11 is 0. The van der Waals surface area contributed by atoms with E-state index >= 15 is 0 Å². The lowest BCUT2D eigenvalue weighted by molar-refractivity contribution is 0.228. The number of rotatable bonds is 4. The number of ether oxygens (including phenoxy) is 3. The molecule has 0 bridgehead atoms. The van der Waals surface area contributed by atoms with Crippen molar-refractivity contribution < 1.29 is 18.6 Å². The van der Waals surface area contributed by atoms with Crippen LogP contribution in [0.4, 0.5) is 0 Å². The van der Waals surface area contributed by atoms with Crippen LogP contribution in [-0.4, -0.2) is 20.3 Å². The fourth-order valence-electron chi connectivity index (χ4n) is 1.87. The molecular formula is C14H16O5. The molecule has 0 aliphatic rings. The van der Waals surface area contributed by atoms with Crippen molar-refractivity contribution in [2.24, 2.45) is 0 Å². The Morgan fingerprint density at radius 1 is 1.11 bits per heavy atom. The lowest BCUT2D eigenvalue weighted by Crippen LogP contribution is -2.12. The van der Waals surface area contributed by atoms with Crippen LogP contribution in [0.5, 0.6) is 17.2 Å². The van der Waals surface area contributed by atoms with Crippen molar-refractivity contribution in [2.75, 3.05) is 14.2 Å². The van der Waals surface area contributed by atoms with Crippen LogP contribution in [0, 0.1) is 0 Å². The average Bonchev–Trinajstić information content (AvgIpc) is 2.37. The Labute approximate surface area is 110 Å². The molecule has 0 aliphatic heterocycles. The zero-order chi connectivity index (χ0) is 14.0. The maximum Gasteiger partial charge on any atom is 0.383 e. The highest BCUT2D eigenvalue weighted by Gasteiger charge is 2.20. The van der Waals surface area contributed by atoms with Crippen LogP contribution in [0.3, 0.4) is 0 Å². The lowest BCUT2D eigenvalue weighted by Gasteiger charge is -2.16. The second kappa shape index (κ2) is 5.22. The zero-order valence-corrected chi connectivity index (χ0v) is 11.4. The van der Waals surface area contributed by atoms with Gasteiger partial charge in [-0.1, -0.05) is 6.07 Å². The van der Waals surface area contributed by atoms with Crippen LogP contribution >= 0.6 is 0 Å². The molecule has 0 N–H and O–H groups in total. The third-order valence-electron chi connectivity index (χ3n) is 2.59. The molecular weight excluding hydrogens is 248 g/mol. The number of benzene rings is 1. The van der Waals surface area contributed by atoms with Crippen molar-refractivity contribution in [3.8, 4) is 17.2 Å². The van der Waals surface area contributed by atoms with E-state index < -0.39 is 5.63 Å². The van der Waals surface area contributed by atoms with E-state index in [0.717, 1.165) is 0 Å². The molecule has 0 fully saturated rings. The molecule has 0 radical (unpaired) electrons. The number of hydrogen-bond acceptors (Lipinski definition) is 5. The predicted molar refractivity (Wildman–Crippen MR) is 71.4 cm³/mol. The zero-order valence-electron chi connectivity index (χ0n) is 11.4. The van der Waals surface area contributed by atoms with Gasteiger partial charge in [0.1, 0.15) is 16.7 Å². The van der Waals surface area contributed by atoms with Crippen molar-refractivity contribution >= 4 is 11.0 Å². The molecule has 0 unspecified atom stereocenters. The molecule has 0 atom stereocenters. The van der Waals surface area contributed by atoms with Gasteiger partial charge in [-0.05, 0) is 26.0 Å². The molecule has 5 nitrogen and oxygen atoms in total. The van der Waals surface area contributed by atoms with E-state index in [1.165, 1.54) is 7.11 Å². The smallest absolute Gasteiger partial charge is 0.383 e. The van der Waals surface area contributed by atoms with Crippen LogP contribution in [-0.2, 0) is 0 Å². The van der Waals surface area contributed by atoms with Crippen LogP contribution in [0.25, 0.3) is 11.0 Å². The largest absolute Gasteiger partial charge is 0.496 e. The molecule has 1 aromatic heterocycles. The molecule has 2 aromatic rings. The highest BCUT2D eigenvalue weighted by molar-refractivity contribution is 5.91. The Kier molecular flexibility index (Phi) is 3.64. The molecule has 5 heteroatoms. The van der Waals surface area contributed by atoms with Crippen molar-refractivity contribution in [3.63, 3.8) is 0 Å². The molecule has 2 rings (SSSR count). The molecule has 102 valence electrons. The van der Waals surface area contributed by atoms with Crippen molar-refractivity contribution in [1.82, 2.24) is 0 Å². The van der Waals surface area contributed by atoms with Gasteiger partial charge in [0.15, 0.2) is 5.75 Å². The first-order valence-electron chi connectivity index (χ1n) is 5.93. The molecule has 0 aliphatic carbocycles. The van der Waals surface area contributed by atoms with Crippen LogP contribution in [0.15, 0.2) is 27.4 Å². The Morgan fingerprint density at radius 2 is 1.84 bits per heavy atom. The summed E-state index contributed by atoms with van der Waals surface area (Å²) in [4.78, 5) is 11.9. The van der Waals surface area contributed by atoms with E-state index in [0.29, 0.717) is 22.5 Å². The van der Waals surface area contributed by atoms with E-state index in [-0.39, 0.29) is 11.9 Å². The highest BCUT2D eigenvalue weighted by atomic mass is 16.5. The van der Waals surface area contributed by atoms with Crippen molar-refractivity contribution in [1.29, 1.82) is 0 Å². The minimum absolute atomic E-state index is 0.0469. The van der Waals surface area contributed by atoms with Crippen LogP contribution in [0.2, 0.25) is 0 Å². The summed E-state index contributed by atoms with van der Waals surface area (Å²) in [6, 6.07) is 5.20. The van der Waals surface area contributed by atoms with Gasteiger partial charge in [0.2, 0.25) is 5.75 Å². The van der Waals surface area contributed by atoms with E-state index in [9.17, 15) is 4.79 Å². The normalized spacial score (nSPS) is 10.8. The molecule has 0 saturated heterocycles. The van der Waals surface area contributed by atoms with Gasteiger partial charge in [-0.15, -0.1) is 0 Å². The summed E-state index contributed by atoms with van der Waals surface area (Å²) < 4.78 is 21.3. The first-order valence-corrected chi connectivity index (χ1v) is 5.93. The minimum Gasteiger partial charge on any atom is -0.496 e. The summed E-state index contributed by atoms with van der Waals surface area (Å²) in [6.45, 7) is 3.74. The van der Waals surface area contributed by atoms with Crippen LogP contribution in [0.1, 0.15) is 13.8 Å². The monoisotopic (exact) mass is 264 g/mol. The topological polar surface area (TPSA) is 57.9 Å². The summed E-state index contributed by atoms with van der Waals surface area (Å²) in [5, 5.41) is 0.593. The van der Waals surface area contributed by atoms with Crippen molar-refractivity contribution in [3.05, 3.63) is 28.6 Å². The third-order valence-corrected chi connectivity index (χ3v) is 2.59. The Balaban J connectivity index is 2.86. The predicted octanol–water partition coefficient (Wildman–Crippen LogP) is 2.60. The standard InChI is InChI=1S/C14H16O5/c1-8(2)18-12-11-9(16-3)6-5-7-10(11)19-14(15)13(12)17-4/h5-8H,1-4H3. The quantitative estimate of drug-likeness (QED) is 0.794. The van der Waals surface area contributed by atoms with E-state index in [4.69, 9.17) is 18.6 Å². The van der Waals surface area contributed by atoms with Crippen molar-refractivity contribution in [2.45, 2.75) is 20.0 Å². The van der Waals surface area contributed by atoms with Gasteiger partial charge in [-0.25, -0.2) is 4.79 Å². The van der Waals surface area contributed by atoms with Gasteiger partial charge >= 0.3 is 5.63 Å². The minimum atomic E-state index is -0.570. The fourth-order valence-corrected chi connectivity index (χ4v) is 1.87. The molecule has 1 heterocycles. The summed E-state index contributed by atoms with van der Waals surface area (Å²) in [5.74, 6) is 0.960. The number of hydrogen-bond donors (Lipinski definition) is 0. The van der Waals surface area contributed by atoms with Gasteiger partial charge in [-0.3, -0.25) is 0 Å². The third kappa shape index (κ3) is 2.36. The highest BCUT2D eigenvalue weighted by Crippen LogP contribution is 2.38. The summed E-state index contributed by atoms with van der Waals surface area (Å²) in [6.07, 6.45) is -0.108. The molecule has 0 spiro atoms. The van der Waals surface area contributed by atoms with Gasteiger partial charge in [0, 0.05) is 0 Å². The first kappa shape index (κ1) is 13.3. The fraction of sp³-hybridized carbons (Fsp3) is 0.357. The summed E-state index contributed by atoms with van der Waals surface area (Å²) in [7, 11) is 2.95. The second-order valence-electron chi connectivity index (χ2n) is 4.25. The van der Waals surface area contributed by atoms with Gasteiger partial charge in [-0.2, -0.15) is 0 Å². The lowest BCUT2D eigenvalue weighted by atomic mass is 10.2. The maximum atomic E-state index is 11.9. The Morgan fingerprint density at radius 3 is 2.42 bits per heavy atom. The molecule has 1 aromatic carbocycles. The SMILES string of the molecule is COc1c(OC(C)C)c2c(OC)cccc2oc1=O. The Bertz CT molecular complexity index is 642. The van der Waals surface area contributed by atoms with E-state index in [1.54, 1.807) is 25.3 Å². The van der Waals surface area contributed by atoms with E-state index in [1.807, 2.05) is 13.8 Å². The Hall–Kier alpha value is -2.17. The second-order valence-corrected chi connectivity index (χ2v) is 4.25. The number of methoxy groups -OCH3 is 2. The van der Waals surface area contributed by atoms with Gasteiger partial charge in [0.05, 0.1) is 20.3 Å². The van der Waals surface area contributed by atoms with Gasteiger partial charge in [0.25, 0.3) is 0 Å². The maximum absolute atomic E-state index is 11.9. The van der Waals surface area contributed by atoms with Crippen LogP contribution < -0.4 is 19.8 Å². The first-order chi connectivity index (χ1) is 9.08. The summed E-state index contributed by atoms with van der Waals surface area (Å²) in [5.41, 5.74) is -0.167. The van der Waals surface area contributed by atoms with E-state index in [2.05, 4.69) is 0 Å². The molecule has 0 amide bonds. The van der Waals surface area contributed by atoms with Gasteiger partial charge < -0.3 is 18.6 Å². The average molecular weight is 264 g/mol. The molecule has 19 heavy (non-hydrogen) atoms. The molecule has 0 saturated carbocycles. The number of fused-ring (bicyclic) bond motifs is 1.